The Morgan fingerprint density at radius 2 is 0.870 bits per heavy atom. The van der Waals surface area contributed by atoms with E-state index in [1.807, 2.05) is 102 Å². The second-order valence-electron chi connectivity index (χ2n) is 23.5. The van der Waals surface area contributed by atoms with Gasteiger partial charge in [-0.2, -0.15) is 26.3 Å². The summed E-state index contributed by atoms with van der Waals surface area (Å²) in [6, 6.07) is 37.9. The third kappa shape index (κ3) is 20.5. The number of carbonyl (C=O) groups excluding carboxylic acids is 2. The second kappa shape index (κ2) is 34.1. The highest BCUT2D eigenvalue weighted by atomic mass is 32.2. The number of aromatic nitrogens is 2. The number of carbonyl (C=O) groups is 4. The van der Waals surface area contributed by atoms with E-state index >= 15 is 0 Å². The Labute approximate surface area is 574 Å². The Balaban J connectivity index is 0.000000236. The molecule has 2 saturated carbocycles. The number of anilines is 4. The van der Waals surface area contributed by atoms with E-state index in [1.165, 1.54) is 0 Å². The van der Waals surface area contributed by atoms with Crippen LogP contribution in [0, 0.1) is 0 Å². The van der Waals surface area contributed by atoms with Gasteiger partial charge in [-0.15, -0.1) is 0 Å². The summed E-state index contributed by atoms with van der Waals surface area (Å²) < 4.78 is 140. The first-order chi connectivity index (χ1) is 47.2. The standard InChI is InChI=1S/2C33H38N4O5S.2C2HF3O2/c2*1-4-41-29-19-23(12-15-28(29)42-21(2)3)31(37-25-13-14-27-22(18-25)16-17-35-32(27)34)33(38)36-20-24-8-5-6-11-30(24)43(39,40)26-9-7-10-26;2*3-2(4,5)1(6)7/h2*5-6,8,11-19,21,26,31,37H,4,7,9-10,20H2,1-3H3,(H2,34,35)(H,36,38);2*(H,6,7)/t2*31-;;/m10../s1. The van der Waals surface area contributed by atoms with Crippen LogP contribution < -0.4 is 51.7 Å². The molecule has 2 atom stereocenters. The molecule has 0 spiro atoms. The molecule has 2 aromatic heterocycles. The molecule has 2 amide bonds. The first-order valence-corrected chi connectivity index (χ1v) is 34.8. The Kier molecular flexibility index (Phi) is 26.4. The lowest BCUT2D eigenvalue weighted by Gasteiger charge is -2.26. The maximum atomic E-state index is 13.9. The van der Waals surface area contributed by atoms with Crippen LogP contribution in [-0.4, -0.2) is 109 Å². The first kappa shape index (κ1) is 77.3. The molecule has 10 N–H and O–H groups in total. The number of alkyl halides is 6. The number of amides is 2. The second-order valence-corrected chi connectivity index (χ2v) is 27.9. The average molecular weight is 1430 g/mol. The largest absolute Gasteiger partial charge is 0.490 e. The molecule has 100 heavy (non-hydrogen) atoms. The number of carboxylic acid groups (broad SMARTS) is 2. The fourth-order valence-corrected chi connectivity index (χ4v) is 14.5. The van der Waals surface area contributed by atoms with Crippen molar-refractivity contribution in [3.63, 3.8) is 0 Å². The van der Waals surface area contributed by atoms with E-state index in [2.05, 4.69) is 31.2 Å². The number of nitrogens with two attached hydrogens (primary N) is 2. The highest BCUT2D eigenvalue weighted by Crippen LogP contribution is 2.38. The van der Waals surface area contributed by atoms with Gasteiger partial charge in [0.05, 0.1) is 45.7 Å². The van der Waals surface area contributed by atoms with Gasteiger partial charge in [0, 0.05) is 47.6 Å². The summed E-state index contributed by atoms with van der Waals surface area (Å²) in [6.07, 6.45) is -2.50. The van der Waals surface area contributed by atoms with Gasteiger partial charge in [0.2, 0.25) is 11.8 Å². The molecule has 2 fully saturated rings. The maximum absolute atomic E-state index is 13.9. The van der Waals surface area contributed by atoms with Gasteiger partial charge in [-0.05, 0) is 185 Å². The highest BCUT2D eigenvalue weighted by molar-refractivity contribution is 7.92. The summed E-state index contributed by atoms with van der Waals surface area (Å²) in [5, 5.41) is 29.6. The number of ether oxygens (including phenoxy) is 4. The number of rotatable bonds is 24. The van der Waals surface area contributed by atoms with Crippen LogP contribution in [-0.2, 0) is 51.9 Å². The van der Waals surface area contributed by atoms with Crippen LogP contribution in [0.2, 0.25) is 0 Å². The lowest BCUT2D eigenvalue weighted by molar-refractivity contribution is -0.193. The van der Waals surface area contributed by atoms with E-state index in [0.29, 0.717) is 107 Å². The topological polar surface area (TPSA) is 340 Å². The number of nitrogens with one attached hydrogen (secondary N) is 4. The van der Waals surface area contributed by atoms with E-state index in [1.54, 1.807) is 85.2 Å². The predicted molar refractivity (Wildman–Crippen MR) is 365 cm³/mol. The number of sulfone groups is 2. The fourth-order valence-electron chi connectivity index (χ4n) is 10.3. The molecule has 0 bridgehead atoms. The summed E-state index contributed by atoms with van der Waals surface area (Å²) in [5.41, 5.74) is 15.9. The summed E-state index contributed by atoms with van der Waals surface area (Å²) in [6.45, 7) is 12.5. The van der Waals surface area contributed by atoms with Gasteiger partial charge >= 0.3 is 24.3 Å². The molecule has 30 heteroatoms. The molecule has 0 radical (unpaired) electrons. The zero-order valence-electron chi connectivity index (χ0n) is 55.3. The Hall–Kier alpha value is -10.1. The summed E-state index contributed by atoms with van der Waals surface area (Å²) >= 11 is 0. The molecule has 536 valence electrons. The minimum absolute atomic E-state index is 0.0573. The van der Waals surface area contributed by atoms with Crippen molar-refractivity contribution < 1.29 is 91.5 Å². The van der Waals surface area contributed by atoms with Crippen molar-refractivity contribution in [2.24, 2.45) is 0 Å². The summed E-state index contributed by atoms with van der Waals surface area (Å²) in [5.74, 6) is -3.08. The van der Waals surface area contributed by atoms with E-state index < -0.39 is 56.0 Å². The van der Waals surface area contributed by atoms with Crippen LogP contribution in [0.25, 0.3) is 21.5 Å². The zero-order valence-corrected chi connectivity index (χ0v) is 57.0. The Morgan fingerprint density at radius 1 is 0.520 bits per heavy atom. The first-order valence-electron chi connectivity index (χ1n) is 31.7. The van der Waals surface area contributed by atoms with E-state index in [4.69, 9.17) is 50.2 Å². The molecule has 2 aliphatic carbocycles. The van der Waals surface area contributed by atoms with Crippen LogP contribution in [0.5, 0.6) is 23.0 Å². The molecule has 22 nitrogen and oxygen atoms in total. The molecule has 10 rings (SSSR count). The van der Waals surface area contributed by atoms with E-state index in [-0.39, 0.29) is 57.4 Å². The van der Waals surface area contributed by atoms with Crippen molar-refractivity contribution in [2.45, 2.75) is 150 Å². The molecular formula is C70H78F6N8O14S2. The normalized spacial score (nSPS) is 13.8. The summed E-state index contributed by atoms with van der Waals surface area (Å²) in [4.78, 5) is 54.5. The number of nitrogen functional groups attached to an aromatic ring is 2. The molecular weight excluding hydrogens is 1350 g/mol. The van der Waals surface area contributed by atoms with E-state index in [9.17, 15) is 52.8 Å². The van der Waals surface area contributed by atoms with Crippen LogP contribution in [0.4, 0.5) is 49.4 Å². The van der Waals surface area contributed by atoms with Gasteiger partial charge in [0.1, 0.15) is 23.7 Å². The van der Waals surface area contributed by atoms with Gasteiger partial charge in [0.25, 0.3) is 0 Å². The number of hydrogen-bond donors (Lipinski definition) is 8. The van der Waals surface area contributed by atoms with Crippen molar-refractivity contribution in [3.05, 3.63) is 168 Å². The number of fused-ring (bicyclic) bond motifs is 2. The van der Waals surface area contributed by atoms with Crippen LogP contribution in [0.3, 0.4) is 0 Å². The highest BCUT2D eigenvalue weighted by Gasteiger charge is 2.40. The number of hydrogen-bond acceptors (Lipinski definition) is 18. The minimum Gasteiger partial charge on any atom is -0.490 e. The maximum Gasteiger partial charge on any atom is 0.490 e. The van der Waals surface area contributed by atoms with Crippen LogP contribution in [0.15, 0.2) is 156 Å². The zero-order chi connectivity index (χ0) is 73.3. The third-order valence-electron chi connectivity index (χ3n) is 15.6. The number of benzene rings is 6. The van der Waals surface area contributed by atoms with Gasteiger partial charge in [-0.25, -0.2) is 36.4 Å². The van der Waals surface area contributed by atoms with Crippen molar-refractivity contribution >= 4 is 88.0 Å². The number of aliphatic carboxylic acids is 2. The Bertz CT molecular complexity index is 4150. The van der Waals surface area contributed by atoms with Crippen molar-refractivity contribution in [1.82, 2.24) is 20.6 Å². The van der Waals surface area contributed by atoms with Gasteiger partial charge in [0.15, 0.2) is 42.7 Å². The summed E-state index contributed by atoms with van der Waals surface area (Å²) in [7, 11) is -6.93. The monoisotopic (exact) mass is 1430 g/mol. The predicted octanol–water partition coefficient (Wildman–Crippen LogP) is 12.9. The molecule has 8 aromatic rings. The SMILES string of the molecule is CCOc1cc([C@@H](Nc2ccc3c(N)nccc3c2)C(=O)NCc2ccccc2S(=O)(=O)C2CCC2)ccc1OC(C)C.CCOc1cc([C@H](Nc2ccc3c(N)nccc3c2)C(=O)NCc2ccccc2S(=O)(=O)C2CCC2)ccc1OC(C)C.O=C(O)C(F)(F)F.O=C(O)C(F)(F)F. The molecule has 0 unspecified atom stereocenters. The quantitative estimate of drug-likeness (QED) is 0.0261. The van der Waals surface area contributed by atoms with Gasteiger partial charge in [-0.3, -0.25) is 9.59 Å². The molecule has 6 aromatic carbocycles. The fraction of sp³-hybridized carbons (Fsp3) is 0.343. The molecule has 0 saturated heterocycles. The Morgan fingerprint density at radius 3 is 1.18 bits per heavy atom. The molecule has 2 aliphatic rings. The van der Waals surface area contributed by atoms with Gasteiger partial charge in [-0.1, -0.05) is 61.4 Å². The third-order valence-corrected chi connectivity index (χ3v) is 20.3. The number of nitrogens with zero attached hydrogens (tertiary/aromatic N) is 2. The lowest BCUT2D eigenvalue weighted by atomic mass is 10.00. The lowest BCUT2D eigenvalue weighted by Crippen LogP contribution is -2.34. The number of pyridine rings is 2. The number of halogens is 6. The average Bonchev–Trinajstić information content (AvgIpc) is 0.796. The van der Waals surface area contributed by atoms with Crippen molar-refractivity contribution in [1.29, 1.82) is 0 Å². The van der Waals surface area contributed by atoms with Crippen LogP contribution in [0.1, 0.15) is 114 Å². The molecule has 0 aliphatic heterocycles. The number of carboxylic acids is 2. The minimum atomic E-state index is -5.08. The van der Waals surface area contributed by atoms with Gasteiger partial charge < -0.3 is 61.9 Å². The smallest absolute Gasteiger partial charge is 0.490 e. The van der Waals surface area contributed by atoms with Crippen molar-refractivity contribution in [2.75, 3.05) is 35.3 Å². The van der Waals surface area contributed by atoms with Crippen molar-refractivity contribution in [3.8, 4) is 23.0 Å². The van der Waals surface area contributed by atoms with E-state index in [0.717, 1.165) is 34.4 Å². The molecule has 2 heterocycles. The van der Waals surface area contributed by atoms with Crippen LogP contribution >= 0.6 is 0 Å².